The molecule has 0 amide bonds. The van der Waals surface area contributed by atoms with Crippen LogP contribution in [0.4, 0.5) is 5.69 Å². The summed E-state index contributed by atoms with van der Waals surface area (Å²) in [5, 5.41) is 0. The van der Waals surface area contributed by atoms with Crippen molar-refractivity contribution in [3.05, 3.63) is 24.3 Å². The Morgan fingerprint density at radius 2 is 2.00 bits per heavy atom. The maximum atomic E-state index is 12.5. The van der Waals surface area contributed by atoms with Crippen LogP contribution in [0.15, 0.2) is 29.2 Å². The molecule has 118 valence electrons. The van der Waals surface area contributed by atoms with Crippen LogP contribution in [0.5, 0.6) is 0 Å². The Labute approximate surface area is 127 Å². The highest BCUT2D eigenvalue weighted by Crippen LogP contribution is 2.32. The smallest absolute Gasteiger partial charge is 0.244 e. The summed E-state index contributed by atoms with van der Waals surface area (Å²) in [4.78, 5) is 2.54. The number of anilines is 1. The van der Waals surface area contributed by atoms with Crippen molar-refractivity contribution in [3.63, 3.8) is 0 Å². The monoisotopic (exact) mass is 311 g/mol. The van der Waals surface area contributed by atoms with Crippen molar-refractivity contribution in [1.29, 1.82) is 0 Å². The van der Waals surface area contributed by atoms with Crippen molar-refractivity contribution in [2.45, 2.75) is 18.2 Å². The molecule has 1 aromatic carbocycles. The van der Waals surface area contributed by atoms with Gasteiger partial charge < -0.3 is 10.6 Å². The molecule has 2 N–H and O–H groups in total. The number of nitrogens with zero attached hydrogens (tertiary/aromatic N) is 2. The molecule has 6 heteroatoms. The van der Waals surface area contributed by atoms with Gasteiger partial charge in [-0.1, -0.05) is 19.1 Å². The van der Waals surface area contributed by atoms with E-state index in [1.54, 1.807) is 26.2 Å². The van der Waals surface area contributed by atoms with E-state index in [1.807, 2.05) is 12.1 Å². The first-order chi connectivity index (χ1) is 9.87. The predicted molar refractivity (Wildman–Crippen MR) is 85.9 cm³/mol. The summed E-state index contributed by atoms with van der Waals surface area (Å²) in [7, 11) is -0.309. The summed E-state index contributed by atoms with van der Waals surface area (Å²) >= 11 is 0. The van der Waals surface area contributed by atoms with Crippen LogP contribution in [0, 0.1) is 11.8 Å². The Morgan fingerprint density at radius 3 is 2.62 bits per heavy atom. The largest absolute Gasteiger partial charge is 0.370 e. The van der Waals surface area contributed by atoms with E-state index < -0.39 is 10.0 Å². The van der Waals surface area contributed by atoms with Crippen LogP contribution in [0.1, 0.15) is 13.3 Å². The number of rotatable bonds is 4. The molecule has 5 nitrogen and oxygen atoms in total. The van der Waals surface area contributed by atoms with Crippen molar-refractivity contribution >= 4 is 15.7 Å². The van der Waals surface area contributed by atoms with E-state index in [0.717, 1.165) is 25.2 Å². The minimum absolute atomic E-state index is 0.375. The van der Waals surface area contributed by atoms with Crippen molar-refractivity contribution in [1.82, 2.24) is 4.31 Å². The predicted octanol–water partition coefficient (Wildman–Crippen LogP) is 1.36. The van der Waals surface area contributed by atoms with Crippen molar-refractivity contribution in [2.24, 2.45) is 17.6 Å². The molecule has 1 aliphatic rings. The fourth-order valence-corrected chi connectivity index (χ4v) is 3.91. The molecule has 0 saturated carbocycles. The quantitative estimate of drug-likeness (QED) is 0.912. The minimum Gasteiger partial charge on any atom is -0.370 e. The SMILES string of the molecule is CC1CCN(c2ccccc2S(=O)(=O)N(C)C)CC1CN. The topological polar surface area (TPSA) is 66.6 Å². The molecule has 1 aromatic rings. The molecule has 0 radical (unpaired) electrons. The van der Waals surface area contributed by atoms with Crippen LogP contribution >= 0.6 is 0 Å². The number of nitrogens with two attached hydrogens (primary N) is 1. The minimum atomic E-state index is -3.43. The molecule has 0 bridgehead atoms. The van der Waals surface area contributed by atoms with Crippen molar-refractivity contribution in [3.8, 4) is 0 Å². The van der Waals surface area contributed by atoms with E-state index in [-0.39, 0.29) is 0 Å². The van der Waals surface area contributed by atoms with Gasteiger partial charge >= 0.3 is 0 Å². The van der Waals surface area contributed by atoms with E-state index in [9.17, 15) is 8.42 Å². The number of para-hydroxylation sites is 1. The maximum Gasteiger partial charge on any atom is 0.244 e. The molecular weight excluding hydrogens is 286 g/mol. The van der Waals surface area contributed by atoms with Gasteiger partial charge in [0.05, 0.1) is 5.69 Å². The third kappa shape index (κ3) is 3.22. The summed E-state index contributed by atoms with van der Waals surface area (Å²) in [6, 6.07) is 7.23. The number of sulfonamides is 1. The molecule has 1 fully saturated rings. The third-order valence-corrected chi connectivity index (χ3v) is 6.24. The highest BCUT2D eigenvalue weighted by Gasteiger charge is 2.29. The van der Waals surface area contributed by atoms with Crippen LogP contribution in [-0.2, 0) is 10.0 Å². The molecule has 1 saturated heterocycles. The molecular formula is C15H25N3O2S. The molecule has 21 heavy (non-hydrogen) atoms. The fourth-order valence-electron chi connectivity index (χ4n) is 2.81. The third-order valence-electron chi connectivity index (χ3n) is 4.38. The lowest BCUT2D eigenvalue weighted by Crippen LogP contribution is -2.43. The fraction of sp³-hybridized carbons (Fsp3) is 0.600. The summed E-state index contributed by atoms with van der Waals surface area (Å²) in [6.45, 7) is 4.55. The highest BCUT2D eigenvalue weighted by atomic mass is 32.2. The van der Waals surface area contributed by atoms with Crippen LogP contribution in [-0.4, -0.2) is 46.5 Å². The average Bonchev–Trinajstić information content (AvgIpc) is 2.47. The lowest BCUT2D eigenvalue weighted by molar-refractivity contribution is 0.307. The van der Waals surface area contributed by atoms with Gasteiger partial charge in [0.1, 0.15) is 4.90 Å². The Morgan fingerprint density at radius 1 is 1.33 bits per heavy atom. The lowest BCUT2D eigenvalue weighted by Gasteiger charge is -2.38. The Bertz CT molecular complexity index is 586. The van der Waals surface area contributed by atoms with E-state index in [0.29, 0.717) is 23.3 Å². The number of piperidine rings is 1. The van der Waals surface area contributed by atoms with E-state index in [4.69, 9.17) is 5.73 Å². The zero-order valence-electron chi connectivity index (χ0n) is 13.0. The Hall–Kier alpha value is -1.11. The Balaban J connectivity index is 2.37. The second-order valence-electron chi connectivity index (χ2n) is 5.96. The van der Waals surface area contributed by atoms with Crippen LogP contribution < -0.4 is 10.6 Å². The number of benzene rings is 1. The van der Waals surface area contributed by atoms with Gasteiger partial charge in [0.15, 0.2) is 0 Å². The van der Waals surface area contributed by atoms with Gasteiger partial charge in [-0.25, -0.2) is 12.7 Å². The van der Waals surface area contributed by atoms with Crippen LogP contribution in [0.2, 0.25) is 0 Å². The molecule has 2 unspecified atom stereocenters. The lowest BCUT2D eigenvalue weighted by atomic mass is 9.87. The second-order valence-corrected chi connectivity index (χ2v) is 8.08. The van der Waals surface area contributed by atoms with Gasteiger partial charge in [-0.2, -0.15) is 0 Å². The number of hydrogen-bond acceptors (Lipinski definition) is 4. The zero-order valence-corrected chi connectivity index (χ0v) is 13.8. The van der Waals surface area contributed by atoms with Gasteiger partial charge in [0.2, 0.25) is 10.0 Å². The average molecular weight is 311 g/mol. The normalized spacial score (nSPS) is 23.6. The van der Waals surface area contributed by atoms with Crippen molar-refractivity contribution in [2.75, 3.05) is 38.6 Å². The van der Waals surface area contributed by atoms with Crippen LogP contribution in [0.3, 0.4) is 0 Å². The molecule has 1 heterocycles. The molecule has 1 aliphatic heterocycles. The molecule has 0 aromatic heterocycles. The summed E-state index contributed by atoms with van der Waals surface area (Å²) in [5.41, 5.74) is 6.64. The van der Waals surface area contributed by atoms with Gasteiger partial charge in [-0.15, -0.1) is 0 Å². The second kappa shape index (κ2) is 6.34. The first-order valence-corrected chi connectivity index (χ1v) is 8.78. The summed E-state index contributed by atoms with van der Waals surface area (Å²) in [6.07, 6.45) is 1.04. The number of hydrogen-bond donors (Lipinski definition) is 1. The summed E-state index contributed by atoms with van der Waals surface area (Å²) < 4.78 is 26.2. The van der Waals surface area contributed by atoms with Gasteiger partial charge in [-0.3, -0.25) is 0 Å². The van der Waals surface area contributed by atoms with E-state index in [1.165, 1.54) is 4.31 Å². The molecule has 0 spiro atoms. The van der Waals surface area contributed by atoms with Gasteiger partial charge in [-0.05, 0) is 36.9 Å². The van der Waals surface area contributed by atoms with Crippen LogP contribution in [0.25, 0.3) is 0 Å². The maximum absolute atomic E-state index is 12.5. The van der Waals surface area contributed by atoms with Gasteiger partial charge in [0, 0.05) is 27.2 Å². The van der Waals surface area contributed by atoms with E-state index >= 15 is 0 Å². The van der Waals surface area contributed by atoms with Crippen molar-refractivity contribution < 1.29 is 8.42 Å². The molecule has 0 aliphatic carbocycles. The molecule has 2 rings (SSSR count). The van der Waals surface area contributed by atoms with E-state index in [2.05, 4.69) is 11.8 Å². The zero-order chi connectivity index (χ0) is 15.6. The standard InChI is InChI=1S/C15H25N3O2S/c1-12-8-9-18(11-13(12)10-16)14-6-4-5-7-15(14)21(19,20)17(2)3/h4-7,12-13H,8-11,16H2,1-3H3. The van der Waals surface area contributed by atoms with Gasteiger partial charge in [0.25, 0.3) is 0 Å². The summed E-state index contributed by atoms with van der Waals surface area (Å²) in [5.74, 6) is 0.998. The first-order valence-electron chi connectivity index (χ1n) is 7.34. The highest BCUT2D eigenvalue weighted by molar-refractivity contribution is 7.89. The Kier molecular flexibility index (Phi) is 4.91. The molecule has 2 atom stereocenters. The first kappa shape index (κ1) is 16.3.